The molecule has 24 nitrogen and oxygen atoms in total. The molecule has 7 fully saturated rings. The number of ether oxygens (including phenoxy) is 8. The molecule has 0 spiro atoms. The van der Waals surface area contributed by atoms with Gasteiger partial charge in [-0.3, -0.25) is 4.79 Å². The number of esters is 2. The molecule has 450 valence electrons. The Kier molecular flexibility index (Phi) is 17.8. The summed E-state index contributed by atoms with van der Waals surface area (Å²) in [6.45, 7) is 14.3. The first-order valence-electron chi connectivity index (χ1n) is 27.6. The van der Waals surface area contributed by atoms with Crippen LogP contribution in [-0.4, -0.2) is 227 Å². The minimum atomic E-state index is -2.15. The van der Waals surface area contributed by atoms with Gasteiger partial charge in [-0.1, -0.05) is 59.3 Å². The molecule has 0 radical (unpaired) electrons. The third-order valence-electron chi connectivity index (χ3n) is 20.8. The Morgan fingerprint density at radius 1 is 0.684 bits per heavy atom. The molecule has 0 aromatic heterocycles. The molecule has 24 heteroatoms. The van der Waals surface area contributed by atoms with Gasteiger partial charge in [0, 0.05) is 24.5 Å². The van der Waals surface area contributed by atoms with E-state index in [1.165, 1.54) is 6.92 Å². The fourth-order valence-corrected chi connectivity index (χ4v) is 16.3. The van der Waals surface area contributed by atoms with Crippen LogP contribution in [0.5, 0.6) is 0 Å². The van der Waals surface area contributed by atoms with E-state index in [1.807, 2.05) is 20.8 Å². The number of carboxylic acids is 1. The topological polar surface area (TPSA) is 388 Å². The number of carbonyl (C=O) groups excluding carboxylic acids is 2. The van der Waals surface area contributed by atoms with Crippen LogP contribution in [0.4, 0.5) is 0 Å². The monoisotopic (exact) mass is 1130 g/mol. The zero-order valence-electron chi connectivity index (χ0n) is 46.4. The summed E-state index contributed by atoms with van der Waals surface area (Å²) >= 11 is 0. The maximum absolute atomic E-state index is 13.4. The van der Waals surface area contributed by atoms with Gasteiger partial charge in [0.1, 0.15) is 79.4 Å². The van der Waals surface area contributed by atoms with Crippen LogP contribution >= 0.6 is 0 Å². The van der Waals surface area contributed by atoms with Crippen LogP contribution in [-0.2, 0) is 52.3 Å². The number of aliphatic hydroxyl groups excluding tert-OH is 12. The van der Waals surface area contributed by atoms with Crippen LogP contribution in [0.1, 0.15) is 107 Å². The SMILES string of the molecule is C/C=C(\C)C(=O)OC1C(OC(C)=O)C2(CO)C(O)CC3(C)C(=CCC4C5(C)CCC(OC6OC(C(=O)O)C(OC7OC(CO)C(O)C(O)C7O)C(O)C6OC6OC(CO)C(O)C(O)C6O)CC5C(C)(CO)CC43C)C2CC1(C)C. The smallest absolute Gasteiger partial charge is 0.335 e. The van der Waals surface area contributed by atoms with E-state index in [0.29, 0.717) is 37.7 Å². The minimum Gasteiger partial charge on any atom is -0.479 e. The van der Waals surface area contributed by atoms with Gasteiger partial charge in [0.25, 0.3) is 0 Å². The van der Waals surface area contributed by atoms with E-state index < -0.39 is 193 Å². The Balaban J connectivity index is 1.11. The summed E-state index contributed by atoms with van der Waals surface area (Å²) in [5, 5.41) is 143. The standard InChI is InChI=1S/C55H86O24/c1-10-23(2)46(71)79-43-44(72-24(3)60)55(22-59)27(16-50(43,4)5)26-11-12-30-52(7)14-13-25(15-31(52)51(6,21-58)20-54(30,9)53(26,8)17-32(55)61)73-49-41(77-48-38(67)36(65)34(63)29(19-57)75-48)39(68)40(42(78-49)45(69)70)76-47-37(66)35(64)33(62)28(18-56)74-47/h10-11,25,27-44,47-49,56-59,61-68H,12-22H2,1-9H3,(H,69,70)/b23-10+. The molecule has 0 bridgehead atoms. The number of rotatable bonds is 14. The van der Waals surface area contributed by atoms with Gasteiger partial charge in [-0.05, 0) is 98.2 Å². The second-order valence-corrected chi connectivity index (χ2v) is 25.7. The highest BCUT2D eigenvalue weighted by atomic mass is 16.8. The van der Waals surface area contributed by atoms with Crippen LogP contribution in [0.15, 0.2) is 23.3 Å². The Morgan fingerprint density at radius 3 is 1.78 bits per heavy atom. The molecular formula is C55H86O24. The average molecular weight is 1130 g/mol. The zero-order valence-corrected chi connectivity index (χ0v) is 46.4. The average Bonchev–Trinajstić information content (AvgIpc) is 2.61. The third-order valence-corrected chi connectivity index (χ3v) is 20.8. The van der Waals surface area contributed by atoms with Gasteiger partial charge < -0.3 is 104 Å². The lowest BCUT2D eigenvalue weighted by molar-refractivity contribution is -0.388. The van der Waals surface area contributed by atoms with Crippen molar-refractivity contribution in [3.8, 4) is 0 Å². The largest absolute Gasteiger partial charge is 0.479 e. The Bertz CT molecular complexity index is 2290. The molecule has 3 aliphatic heterocycles. The van der Waals surface area contributed by atoms with E-state index in [9.17, 15) is 80.8 Å². The molecule has 0 aromatic carbocycles. The summed E-state index contributed by atoms with van der Waals surface area (Å²) in [6.07, 6.45) is -26.5. The number of aliphatic carboxylic acids is 1. The molecule has 0 aromatic rings. The molecule has 79 heavy (non-hydrogen) atoms. The second kappa shape index (κ2) is 22.6. The fourth-order valence-electron chi connectivity index (χ4n) is 16.3. The molecular weight excluding hydrogens is 1040 g/mol. The number of fused-ring (bicyclic) bond motifs is 7. The normalized spacial score (nSPS) is 50.6. The van der Waals surface area contributed by atoms with Crippen molar-refractivity contribution in [3.05, 3.63) is 23.3 Å². The maximum atomic E-state index is 13.4. The second-order valence-electron chi connectivity index (χ2n) is 25.7. The lowest BCUT2D eigenvalue weighted by atomic mass is 9.31. The van der Waals surface area contributed by atoms with Gasteiger partial charge in [0.15, 0.2) is 25.0 Å². The third kappa shape index (κ3) is 10.1. The van der Waals surface area contributed by atoms with E-state index in [-0.39, 0.29) is 31.3 Å². The van der Waals surface area contributed by atoms with Crippen molar-refractivity contribution in [2.45, 2.75) is 224 Å². The number of hydrogen-bond donors (Lipinski definition) is 13. The molecule has 13 N–H and O–H groups in total. The van der Waals surface area contributed by atoms with E-state index in [2.05, 4.69) is 26.8 Å². The molecule has 5 aliphatic carbocycles. The summed E-state index contributed by atoms with van der Waals surface area (Å²) in [6, 6.07) is 0. The number of carbonyl (C=O) groups is 3. The van der Waals surface area contributed by atoms with Gasteiger partial charge in [-0.25, -0.2) is 9.59 Å². The number of allylic oxidation sites excluding steroid dienone is 3. The van der Waals surface area contributed by atoms with Crippen molar-refractivity contribution in [1.82, 2.24) is 0 Å². The molecule has 8 rings (SSSR count). The predicted molar refractivity (Wildman–Crippen MR) is 269 cm³/mol. The Morgan fingerprint density at radius 2 is 1.27 bits per heavy atom. The van der Waals surface area contributed by atoms with E-state index in [4.69, 9.17) is 37.9 Å². The summed E-state index contributed by atoms with van der Waals surface area (Å²) in [4.78, 5) is 39.5. The van der Waals surface area contributed by atoms with Gasteiger partial charge in [-0.2, -0.15) is 0 Å². The molecule has 3 heterocycles. The highest BCUT2D eigenvalue weighted by Gasteiger charge is 2.75. The Hall–Kier alpha value is -2.83. The van der Waals surface area contributed by atoms with Crippen LogP contribution in [0.2, 0.25) is 0 Å². The zero-order chi connectivity index (χ0) is 58.4. The summed E-state index contributed by atoms with van der Waals surface area (Å²) in [5.74, 6) is -3.91. The first-order valence-corrected chi connectivity index (χ1v) is 27.6. The molecule has 3 saturated heterocycles. The lowest BCUT2D eigenvalue weighted by Gasteiger charge is -2.73. The highest BCUT2D eigenvalue weighted by molar-refractivity contribution is 5.87. The molecule has 8 aliphatic rings. The first kappa shape index (κ1) is 62.2. The van der Waals surface area contributed by atoms with Crippen LogP contribution < -0.4 is 0 Å². The Labute approximate surface area is 459 Å². The fraction of sp³-hybridized carbons (Fsp3) is 0.873. The number of carboxylic acid groups (broad SMARTS) is 1. The van der Waals surface area contributed by atoms with Gasteiger partial charge in [-0.15, -0.1) is 0 Å². The summed E-state index contributed by atoms with van der Waals surface area (Å²) < 4.78 is 48.0. The highest BCUT2D eigenvalue weighted by Crippen LogP contribution is 2.77. The molecule has 27 unspecified atom stereocenters. The first-order chi connectivity index (χ1) is 36.9. The van der Waals surface area contributed by atoms with Crippen molar-refractivity contribution in [1.29, 1.82) is 0 Å². The van der Waals surface area contributed by atoms with E-state index in [0.717, 1.165) is 5.57 Å². The quantitative estimate of drug-likeness (QED) is 0.0415. The van der Waals surface area contributed by atoms with Gasteiger partial charge >= 0.3 is 17.9 Å². The van der Waals surface area contributed by atoms with Crippen molar-refractivity contribution < 1.29 is 119 Å². The van der Waals surface area contributed by atoms with Crippen LogP contribution in [0, 0.1) is 50.2 Å². The summed E-state index contributed by atoms with van der Waals surface area (Å²) in [5.41, 5.74) is -3.76. The molecule has 0 amide bonds. The minimum absolute atomic E-state index is 0.0849. The van der Waals surface area contributed by atoms with Gasteiger partial charge in [0.05, 0.1) is 37.4 Å². The van der Waals surface area contributed by atoms with Crippen molar-refractivity contribution >= 4 is 17.9 Å². The van der Waals surface area contributed by atoms with Gasteiger partial charge in [0.2, 0.25) is 0 Å². The maximum Gasteiger partial charge on any atom is 0.335 e. The van der Waals surface area contributed by atoms with Crippen LogP contribution in [0.25, 0.3) is 0 Å². The molecule has 27 atom stereocenters. The van der Waals surface area contributed by atoms with Crippen molar-refractivity contribution in [2.24, 2.45) is 50.2 Å². The van der Waals surface area contributed by atoms with E-state index >= 15 is 0 Å². The predicted octanol–water partition coefficient (Wildman–Crippen LogP) is -1.32. The number of hydrogen-bond acceptors (Lipinski definition) is 23. The summed E-state index contributed by atoms with van der Waals surface area (Å²) in [7, 11) is 0. The lowest BCUT2D eigenvalue weighted by Crippen LogP contribution is -2.73. The van der Waals surface area contributed by atoms with Crippen LogP contribution in [0.3, 0.4) is 0 Å². The van der Waals surface area contributed by atoms with Crippen molar-refractivity contribution in [2.75, 3.05) is 26.4 Å². The van der Waals surface area contributed by atoms with Crippen molar-refractivity contribution in [3.63, 3.8) is 0 Å². The number of aliphatic hydroxyl groups is 12. The molecule has 4 saturated carbocycles. The van der Waals surface area contributed by atoms with E-state index in [1.54, 1.807) is 19.9 Å².